The van der Waals surface area contributed by atoms with Crippen molar-refractivity contribution in [1.82, 2.24) is 10.6 Å². The molecule has 0 aliphatic heterocycles. The van der Waals surface area contributed by atoms with Crippen LogP contribution in [0.4, 0.5) is 5.00 Å². The second-order valence-corrected chi connectivity index (χ2v) is 6.08. The van der Waals surface area contributed by atoms with Crippen molar-refractivity contribution in [1.29, 1.82) is 0 Å². The Morgan fingerprint density at radius 3 is 2.61 bits per heavy atom. The van der Waals surface area contributed by atoms with Gasteiger partial charge in [-0.1, -0.05) is 0 Å². The van der Waals surface area contributed by atoms with Crippen molar-refractivity contribution in [3.63, 3.8) is 0 Å². The third kappa shape index (κ3) is 4.96. The van der Waals surface area contributed by atoms with Crippen LogP contribution in [0.1, 0.15) is 34.1 Å². The summed E-state index contributed by atoms with van der Waals surface area (Å²) in [5, 5.41) is 8.36. The Morgan fingerprint density at radius 1 is 1.17 bits per heavy atom. The molecule has 2 rings (SSSR count). The smallest absolute Gasteiger partial charge is 0.291 e. The normalized spacial score (nSPS) is 10.4. The summed E-state index contributed by atoms with van der Waals surface area (Å²) in [6.07, 6.45) is 1.41. The standard InChI is InChI=1S/C15H17N3O4S/c1-9(2)17-12(19)8-16-15(21)11-5-6-13(23-11)18-14(20)10-4-3-7-22-10/h3-7,9H,8H2,1-2H3,(H,16,21)(H,17,19)(H,18,20). The summed E-state index contributed by atoms with van der Waals surface area (Å²) in [6.45, 7) is 3.59. The van der Waals surface area contributed by atoms with Crippen LogP contribution in [0.2, 0.25) is 0 Å². The van der Waals surface area contributed by atoms with E-state index < -0.39 is 0 Å². The number of carbonyl (C=O) groups is 3. The van der Waals surface area contributed by atoms with E-state index in [1.165, 1.54) is 6.26 Å². The minimum atomic E-state index is -0.389. The Hall–Kier alpha value is -2.61. The summed E-state index contributed by atoms with van der Waals surface area (Å²) in [5.74, 6) is -0.821. The highest BCUT2D eigenvalue weighted by Crippen LogP contribution is 2.22. The van der Waals surface area contributed by atoms with E-state index in [0.717, 1.165) is 11.3 Å². The maximum absolute atomic E-state index is 12.0. The van der Waals surface area contributed by atoms with E-state index in [0.29, 0.717) is 9.88 Å². The topological polar surface area (TPSA) is 100 Å². The third-order valence-electron chi connectivity index (χ3n) is 2.67. The third-order valence-corrected chi connectivity index (χ3v) is 3.67. The minimum Gasteiger partial charge on any atom is -0.459 e. The lowest BCUT2D eigenvalue weighted by molar-refractivity contribution is -0.120. The molecule has 0 aliphatic carbocycles. The lowest BCUT2D eigenvalue weighted by Gasteiger charge is -2.08. The summed E-state index contributed by atoms with van der Waals surface area (Å²) < 4.78 is 4.99. The summed E-state index contributed by atoms with van der Waals surface area (Å²) in [5.41, 5.74) is 0. The molecule has 0 spiro atoms. The van der Waals surface area contributed by atoms with Gasteiger partial charge in [-0.3, -0.25) is 14.4 Å². The molecule has 0 radical (unpaired) electrons. The first-order valence-electron chi connectivity index (χ1n) is 6.98. The second kappa shape index (κ2) is 7.59. The number of rotatable bonds is 6. The fourth-order valence-electron chi connectivity index (χ4n) is 1.73. The molecule has 2 heterocycles. The highest BCUT2D eigenvalue weighted by molar-refractivity contribution is 7.18. The van der Waals surface area contributed by atoms with Gasteiger partial charge in [0.15, 0.2) is 5.76 Å². The second-order valence-electron chi connectivity index (χ2n) is 5.00. The van der Waals surface area contributed by atoms with Crippen LogP contribution in [0.25, 0.3) is 0 Å². The number of hydrogen-bond acceptors (Lipinski definition) is 5. The fourth-order valence-corrected chi connectivity index (χ4v) is 2.55. The zero-order chi connectivity index (χ0) is 16.8. The van der Waals surface area contributed by atoms with Gasteiger partial charge in [-0.2, -0.15) is 0 Å². The molecule has 0 fully saturated rings. The molecule has 8 heteroatoms. The number of thiophene rings is 1. The molecule has 0 saturated heterocycles. The Bertz CT molecular complexity index is 691. The van der Waals surface area contributed by atoms with Crippen LogP contribution >= 0.6 is 11.3 Å². The van der Waals surface area contributed by atoms with Gasteiger partial charge >= 0.3 is 0 Å². The van der Waals surface area contributed by atoms with Gasteiger partial charge in [0.2, 0.25) is 5.91 Å². The van der Waals surface area contributed by atoms with Crippen molar-refractivity contribution in [3.8, 4) is 0 Å². The van der Waals surface area contributed by atoms with Crippen molar-refractivity contribution < 1.29 is 18.8 Å². The Morgan fingerprint density at radius 2 is 1.96 bits per heavy atom. The van der Waals surface area contributed by atoms with Crippen LogP contribution in [0.5, 0.6) is 0 Å². The Balaban J connectivity index is 1.87. The highest BCUT2D eigenvalue weighted by atomic mass is 32.1. The van der Waals surface area contributed by atoms with Crippen molar-refractivity contribution in [2.45, 2.75) is 19.9 Å². The fraction of sp³-hybridized carbons (Fsp3) is 0.267. The number of anilines is 1. The summed E-state index contributed by atoms with van der Waals surface area (Å²) in [7, 11) is 0. The molecule has 0 aliphatic rings. The molecule has 23 heavy (non-hydrogen) atoms. The summed E-state index contributed by atoms with van der Waals surface area (Å²) in [6, 6.07) is 6.38. The molecule has 7 nitrogen and oxygen atoms in total. The van der Waals surface area contributed by atoms with Crippen LogP contribution in [0, 0.1) is 0 Å². The molecule has 0 saturated carbocycles. The highest BCUT2D eigenvalue weighted by Gasteiger charge is 2.14. The first kappa shape index (κ1) is 16.8. The lowest BCUT2D eigenvalue weighted by Crippen LogP contribution is -2.39. The van der Waals surface area contributed by atoms with Gasteiger partial charge in [-0.05, 0) is 38.1 Å². The molecule has 0 atom stereocenters. The maximum Gasteiger partial charge on any atom is 0.291 e. The van der Waals surface area contributed by atoms with E-state index in [9.17, 15) is 14.4 Å². The van der Waals surface area contributed by atoms with E-state index in [-0.39, 0.29) is 36.1 Å². The Labute approximate surface area is 137 Å². The predicted octanol–water partition coefficient (Wildman–Crippen LogP) is 1.85. The van der Waals surface area contributed by atoms with Crippen LogP contribution in [0.15, 0.2) is 34.9 Å². The number of carbonyl (C=O) groups excluding carboxylic acids is 3. The van der Waals surface area contributed by atoms with Gasteiger partial charge in [0.1, 0.15) is 0 Å². The minimum absolute atomic E-state index is 0.0181. The monoisotopic (exact) mass is 335 g/mol. The summed E-state index contributed by atoms with van der Waals surface area (Å²) >= 11 is 1.11. The average Bonchev–Trinajstić information content (AvgIpc) is 3.15. The molecular formula is C15H17N3O4S. The SMILES string of the molecule is CC(C)NC(=O)CNC(=O)c1ccc(NC(=O)c2ccco2)s1. The zero-order valence-corrected chi connectivity index (χ0v) is 13.5. The number of nitrogens with one attached hydrogen (secondary N) is 3. The molecular weight excluding hydrogens is 318 g/mol. The van der Waals surface area contributed by atoms with E-state index in [1.54, 1.807) is 24.3 Å². The van der Waals surface area contributed by atoms with Crippen molar-refractivity contribution in [2.75, 3.05) is 11.9 Å². The van der Waals surface area contributed by atoms with Gasteiger partial charge in [-0.25, -0.2) is 0 Å². The van der Waals surface area contributed by atoms with Gasteiger partial charge in [0.05, 0.1) is 22.7 Å². The first-order chi connectivity index (χ1) is 11.0. The number of furan rings is 1. The van der Waals surface area contributed by atoms with E-state index in [2.05, 4.69) is 16.0 Å². The van der Waals surface area contributed by atoms with E-state index >= 15 is 0 Å². The molecule has 3 amide bonds. The van der Waals surface area contributed by atoms with E-state index in [4.69, 9.17) is 4.42 Å². The number of amides is 3. The largest absolute Gasteiger partial charge is 0.459 e. The average molecular weight is 335 g/mol. The molecule has 0 unspecified atom stereocenters. The lowest BCUT2D eigenvalue weighted by atomic mass is 10.4. The van der Waals surface area contributed by atoms with Crippen LogP contribution < -0.4 is 16.0 Å². The van der Waals surface area contributed by atoms with Gasteiger partial charge < -0.3 is 20.4 Å². The van der Waals surface area contributed by atoms with Crippen LogP contribution in [0.3, 0.4) is 0 Å². The molecule has 0 aromatic carbocycles. The molecule has 122 valence electrons. The Kier molecular flexibility index (Phi) is 5.53. The molecule has 2 aromatic heterocycles. The predicted molar refractivity (Wildman–Crippen MR) is 86.6 cm³/mol. The van der Waals surface area contributed by atoms with Crippen LogP contribution in [-0.4, -0.2) is 30.3 Å². The molecule has 2 aromatic rings. The molecule has 0 bridgehead atoms. The maximum atomic E-state index is 12.0. The zero-order valence-electron chi connectivity index (χ0n) is 12.7. The summed E-state index contributed by atoms with van der Waals surface area (Å²) in [4.78, 5) is 35.7. The molecule has 3 N–H and O–H groups in total. The number of hydrogen-bond donors (Lipinski definition) is 3. The van der Waals surface area contributed by atoms with Gasteiger partial charge in [0, 0.05) is 6.04 Å². The quantitative estimate of drug-likeness (QED) is 0.750. The van der Waals surface area contributed by atoms with Crippen molar-refractivity contribution in [3.05, 3.63) is 41.2 Å². The van der Waals surface area contributed by atoms with Crippen molar-refractivity contribution in [2.24, 2.45) is 0 Å². The van der Waals surface area contributed by atoms with Gasteiger partial charge in [-0.15, -0.1) is 11.3 Å². The van der Waals surface area contributed by atoms with Crippen molar-refractivity contribution >= 4 is 34.1 Å². The van der Waals surface area contributed by atoms with Gasteiger partial charge in [0.25, 0.3) is 11.8 Å². The van der Waals surface area contributed by atoms with E-state index in [1.807, 2.05) is 13.8 Å². The van der Waals surface area contributed by atoms with Crippen LogP contribution in [-0.2, 0) is 4.79 Å². The first-order valence-corrected chi connectivity index (χ1v) is 7.79.